The minimum atomic E-state index is 0.528. The second kappa shape index (κ2) is 10.9. The van der Waals surface area contributed by atoms with Gasteiger partial charge in [-0.2, -0.15) is 0 Å². The van der Waals surface area contributed by atoms with Crippen molar-refractivity contribution in [3.8, 4) is 11.5 Å². The summed E-state index contributed by atoms with van der Waals surface area (Å²) in [6.45, 7) is 9.43. The van der Waals surface area contributed by atoms with E-state index in [1.165, 1.54) is 16.8 Å². The van der Waals surface area contributed by atoms with E-state index >= 15 is 0 Å². The van der Waals surface area contributed by atoms with Crippen LogP contribution in [-0.4, -0.2) is 32.9 Å². The van der Waals surface area contributed by atoms with Crippen LogP contribution >= 0.6 is 0 Å². The quantitative estimate of drug-likeness (QED) is 0.489. The molecule has 0 aromatic heterocycles. The standard InChI is InChI=1S/C27H32N2O3/c1-3-31-27-18-22(8-13-26(27)32-20-23-7-5-4-6-21(23)2)19-28-24-9-11-25(12-10-24)29-14-16-30-17-15-29/h4-13,18,28H,3,14-17,19-20H2,1-2H3. The predicted molar refractivity (Wildman–Crippen MR) is 130 cm³/mol. The van der Waals surface area contributed by atoms with Gasteiger partial charge in [-0.05, 0) is 66.9 Å². The van der Waals surface area contributed by atoms with Gasteiger partial charge in [0.1, 0.15) is 6.61 Å². The number of morpholine rings is 1. The van der Waals surface area contributed by atoms with Crippen molar-refractivity contribution < 1.29 is 14.2 Å². The molecule has 0 amide bonds. The molecule has 0 radical (unpaired) electrons. The van der Waals surface area contributed by atoms with E-state index in [0.29, 0.717) is 13.2 Å². The third-order valence-corrected chi connectivity index (χ3v) is 5.69. The van der Waals surface area contributed by atoms with Crippen molar-refractivity contribution in [2.75, 3.05) is 43.1 Å². The fourth-order valence-electron chi connectivity index (χ4n) is 3.79. The van der Waals surface area contributed by atoms with Crippen LogP contribution in [0.5, 0.6) is 11.5 Å². The van der Waals surface area contributed by atoms with E-state index in [-0.39, 0.29) is 0 Å². The Hall–Kier alpha value is -3.18. The van der Waals surface area contributed by atoms with Crippen LogP contribution in [0.25, 0.3) is 0 Å². The van der Waals surface area contributed by atoms with Crippen LogP contribution in [0.1, 0.15) is 23.6 Å². The molecule has 0 aliphatic carbocycles. The fourth-order valence-corrected chi connectivity index (χ4v) is 3.79. The van der Waals surface area contributed by atoms with Crippen LogP contribution < -0.4 is 19.7 Å². The molecular weight excluding hydrogens is 400 g/mol. The first-order chi connectivity index (χ1) is 15.7. The molecule has 4 rings (SSSR count). The summed E-state index contributed by atoms with van der Waals surface area (Å²) < 4.78 is 17.4. The molecule has 0 saturated carbocycles. The number of rotatable bonds is 9. The Bertz CT molecular complexity index is 998. The van der Waals surface area contributed by atoms with Crippen molar-refractivity contribution in [1.82, 2.24) is 0 Å². The summed E-state index contributed by atoms with van der Waals surface area (Å²) in [7, 11) is 0. The lowest BCUT2D eigenvalue weighted by molar-refractivity contribution is 0.122. The Labute approximate surface area is 190 Å². The van der Waals surface area contributed by atoms with E-state index in [1.54, 1.807) is 0 Å². The molecule has 1 aliphatic rings. The second-order valence-electron chi connectivity index (χ2n) is 7.93. The highest BCUT2D eigenvalue weighted by Gasteiger charge is 2.11. The highest BCUT2D eigenvalue weighted by atomic mass is 16.5. The van der Waals surface area contributed by atoms with Gasteiger partial charge in [0.05, 0.1) is 19.8 Å². The van der Waals surface area contributed by atoms with Gasteiger partial charge in [-0.15, -0.1) is 0 Å². The molecule has 0 spiro atoms. The summed E-state index contributed by atoms with van der Waals surface area (Å²) in [5.41, 5.74) is 5.90. The number of hydrogen-bond acceptors (Lipinski definition) is 5. The molecule has 1 fully saturated rings. The van der Waals surface area contributed by atoms with Crippen LogP contribution in [0.2, 0.25) is 0 Å². The third-order valence-electron chi connectivity index (χ3n) is 5.69. The fraction of sp³-hybridized carbons (Fsp3) is 0.333. The summed E-state index contributed by atoms with van der Waals surface area (Å²) in [4.78, 5) is 2.36. The lowest BCUT2D eigenvalue weighted by atomic mass is 10.1. The zero-order chi connectivity index (χ0) is 22.2. The molecule has 0 bridgehead atoms. The van der Waals surface area contributed by atoms with Gasteiger partial charge in [0.25, 0.3) is 0 Å². The molecular formula is C27H32N2O3. The molecule has 1 heterocycles. The van der Waals surface area contributed by atoms with Gasteiger partial charge in [0.15, 0.2) is 11.5 Å². The van der Waals surface area contributed by atoms with Gasteiger partial charge in [-0.1, -0.05) is 30.3 Å². The molecule has 5 nitrogen and oxygen atoms in total. The van der Waals surface area contributed by atoms with Gasteiger partial charge in [-0.25, -0.2) is 0 Å². The number of hydrogen-bond donors (Lipinski definition) is 1. The van der Waals surface area contributed by atoms with Crippen LogP contribution in [-0.2, 0) is 17.9 Å². The first-order valence-corrected chi connectivity index (χ1v) is 11.3. The molecule has 3 aromatic rings. The van der Waals surface area contributed by atoms with E-state index in [9.17, 15) is 0 Å². The average Bonchev–Trinajstić information content (AvgIpc) is 2.84. The Kier molecular flexibility index (Phi) is 7.51. The number of aryl methyl sites for hydroxylation is 1. The smallest absolute Gasteiger partial charge is 0.161 e. The molecule has 0 unspecified atom stereocenters. The summed E-state index contributed by atoms with van der Waals surface area (Å²) in [5, 5.41) is 3.51. The topological polar surface area (TPSA) is 43.0 Å². The highest BCUT2D eigenvalue weighted by Crippen LogP contribution is 2.30. The summed E-state index contributed by atoms with van der Waals surface area (Å²) in [5.74, 6) is 1.55. The molecule has 32 heavy (non-hydrogen) atoms. The minimum Gasteiger partial charge on any atom is -0.490 e. The van der Waals surface area contributed by atoms with Crippen molar-refractivity contribution in [2.45, 2.75) is 27.0 Å². The molecule has 1 saturated heterocycles. The Morgan fingerprint density at radius 3 is 2.44 bits per heavy atom. The van der Waals surface area contributed by atoms with Crippen molar-refractivity contribution in [3.63, 3.8) is 0 Å². The molecule has 5 heteroatoms. The van der Waals surface area contributed by atoms with Gasteiger partial charge >= 0.3 is 0 Å². The SMILES string of the molecule is CCOc1cc(CNc2ccc(N3CCOCC3)cc2)ccc1OCc1ccccc1C. The largest absolute Gasteiger partial charge is 0.490 e. The van der Waals surface area contributed by atoms with Crippen LogP contribution in [0, 0.1) is 6.92 Å². The number of benzene rings is 3. The third kappa shape index (κ3) is 5.74. The van der Waals surface area contributed by atoms with Crippen molar-refractivity contribution in [1.29, 1.82) is 0 Å². The first-order valence-electron chi connectivity index (χ1n) is 11.3. The summed E-state index contributed by atoms with van der Waals surface area (Å²) >= 11 is 0. The first kappa shape index (κ1) is 22.0. The van der Waals surface area contributed by atoms with Crippen molar-refractivity contribution in [3.05, 3.63) is 83.4 Å². The van der Waals surface area contributed by atoms with Crippen LogP contribution in [0.3, 0.4) is 0 Å². The Morgan fingerprint density at radius 2 is 1.69 bits per heavy atom. The van der Waals surface area contributed by atoms with E-state index in [2.05, 4.69) is 65.7 Å². The minimum absolute atomic E-state index is 0.528. The van der Waals surface area contributed by atoms with Crippen molar-refractivity contribution >= 4 is 11.4 Å². The molecule has 0 atom stereocenters. The van der Waals surface area contributed by atoms with E-state index in [1.807, 2.05) is 25.1 Å². The maximum atomic E-state index is 6.09. The van der Waals surface area contributed by atoms with E-state index in [0.717, 1.165) is 55.6 Å². The van der Waals surface area contributed by atoms with Gasteiger partial charge < -0.3 is 24.4 Å². The summed E-state index contributed by atoms with van der Waals surface area (Å²) in [6.07, 6.45) is 0. The number of anilines is 2. The lowest BCUT2D eigenvalue weighted by Crippen LogP contribution is -2.36. The molecule has 3 aromatic carbocycles. The Morgan fingerprint density at radius 1 is 0.906 bits per heavy atom. The van der Waals surface area contributed by atoms with Crippen LogP contribution in [0.4, 0.5) is 11.4 Å². The van der Waals surface area contributed by atoms with Gasteiger partial charge in [0, 0.05) is 31.0 Å². The van der Waals surface area contributed by atoms with Gasteiger partial charge in [-0.3, -0.25) is 0 Å². The van der Waals surface area contributed by atoms with Crippen LogP contribution in [0.15, 0.2) is 66.7 Å². The average molecular weight is 433 g/mol. The summed E-state index contributed by atoms with van der Waals surface area (Å²) in [6, 6.07) is 23.0. The molecule has 168 valence electrons. The van der Waals surface area contributed by atoms with E-state index < -0.39 is 0 Å². The Balaban J connectivity index is 1.37. The zero-order valence-corrected chi connectivity index (χ0v) is 19.0. The van der Waals surface area contributed by atoms with Gasteiger partial charge in [0.2, 0.25) is 0 Å². The molecule has 1 aliphatic heterocycles. The highest BCUT2D eigenvalue weighted by molar-refractivity contribution is 5.55. The van der Waals surface area contributed by atoms with E-state index in [4.69, 9.17) is 14.2 Å². The van der Waals surface area contributed by atoms with Crippen molar-refractivity contribution in [2.24, 2.45) is 0 Å². The maximum Gasteiger partial charge on any atom is 0.161 e. The number of nitrogens with zero attached hydrogens (tertiary/aromatic N) is 1. The number of ether oxygens (including phenoxy) is 3. The monoisotopic (exact) mass is 432 g/mol. The zero-order valence-electron chi connectivity index (χ0n) is 19.0. The predicted octanol–water partition coefficient (Wildman–Crippen LogP) is 5.42. The second-order valence-corrected chi connectivity index (χ2v) is 7.93. The number of nitrogens with one attached hydrogen (secondary N) is 1. The lowest BCUT2D eigenvalue weighted by Gasteiger charge is -2.29. The normalized spacial score (nSPS) is 13.6. The maximum absolute atomic E-state index is 6.09. The molecule has 1 N–H and O–H groups in total.